The molecule has 0 unspecified atom stereocenters. The van der Waals surface area contributed by atoms with E-state index in [1.165, 1.54) is 11.3 Å². The van der Waals surface area contributed by atoms with Gasteiger partial charge in [0.05, 0.1) is 16.4 Å². The van der Waals surface area contributed by atoms with Crippen molar-refractivity contribution in [2.75, 3.05) is 4.90 Å². The first-order valence-electron chi connectivity index (χ1n) is 20.0. The smallest absolute Gasteiger partial charge is 0.0645 e. The van der Waals surface area contributed by atoms with E-state index in [1.54, 1.807) is 72.8 Å². The molecule has 0 saturated heterocycles. The Bertz CT molecular complexity index is 2700. The second kappa shape index (κ2) is 11.3. The van der Waals surface area contributed by atoms with Crippen molar-refractivity contribution in [3.63, 3.8) is 0 Å². The first-order chi connectivity index (χ1) is 26.8. The molecule has 0 radical (unpaired) electrons. The maximum absolute atomic E-state index is 9.39. The summed E-state index contributed by atoms with van der Waals surface area (Å²) in [6.45, 7) is 0. The molecule has 0 aliphatic carbocycles. The van der Waals surface area contributed by atoms with Gasteiger partial charge < -0.3 is 4.90 Å². The van der Waals surface area contributed by atoms with Gasteiger partial charge in [-0.25, -0.2) is 0 Å². The van der Waals surface area contributed by atoms with Crippen molar-refractivity contribution >= 4 is 48.6 Å². The van der Waals surface area contributed by atoms with Crippen LogP contribution in [0.4, 0.5) is 17.1 Å². The molecule has 0 N–H and O–H groups in total. The first-order valence-corrected chi connectivity index (χ1v) is 14.8. The zero-order valence-electron chi connectivity index (χ0n) is 35.2. The minimum absolute atomic E-state index is 0.0268. The molecule has 0 bridgehead atoms. The lowest BCUT2D eigenvalue weighted by molar-refractivity contribution is 1.28. The molecule has 2 heteroatoms. The summed E-state index contributed by atoms with van der Waals surface area (Å²) in [5.41, 5.74) is -0.584. The number of hydrogen-bond donors (Lipinski definition) is 0. The van der Waals surface area contributed by atoms with Crippen LogP contribution in [0.25, 0.3) is 53.6 Å². The fourth-order valence-corrected chi connectivity index (χ4v) is 6.26. The van der Waals surface area contributed by atoms with Crippen LogP contribution in [0.2, 0.25) is 0 Å². The van der Waals surface area contributed by atoms with Gasteiger partial charge in [0.2, 0.25) is 0 Å². The molecule has 0 spiro atoms. The molecule has 0 aliphatic rings. The summed E-state index contributed by atoms with van der Waals surface area (Å²) in [5.74, 6) is 0. The van der Waals surface area contributed by atoms with E-state index in [9.17, 15) is 11.0 Å². The monoisotopic (exact) mass is 591 g/mol. The number of hydrogen-bond acceptors (Lipinski definition) is 2. The Kier molecular flexibility index (Phi) is 4.23. The van der Waals surface area contributed by atoms with Crippen LogP contribution in [-0.4, -0.2) is 0 Å². The van der Waals surface area contributed by atoms with Crippen LogP contribution < -0.4 is 4.90 Å². The van der Waals surface area contributed by atoms with Crippen molar-refractivity contribution < 1.29 is 16.4 Å². The molecule has 0 fully saturated rings. The van der Waals surface area contributed by atoms with E-state index in [2.05, 4.69) is 0 Å². The highest BCUT2D eigenvalue weighted by atomic mass is 32.1. The molecule has 1 heterocycles. The Hall–Kier alpha value is -5.44. The minimum atomic E-state index is -0.648. The number of thiophene rings is 1. The molecule has 0 amide bonds. The largest absolute Gasteiger partial charge is 0.311 e. The average Bonchev–Trinajstić information content (AvgIpc) is 3.58. The zero-order valence-corrected chi connectivity index (χ0v) is 24.0. The van der Waals surface area contributed by atoms with Gasteiger partial charge in [-0.1, -0.05) is 127 Å². The third kappa shape index (κ3) is 4.96. The van der Waals surface area contributed by atoms with Crippen LogP contribution in [0.1, 0.15) is 16.4 Å². The number of benzene rings is 7. The molecule has 7 aromatic carbocycles. The van der Waals surface area contributed by atoms with Crippen molar-refractivity contribution in [1.29, 1.82) is 0 Å². The van der Waals surface area contributed by atoms with Gasteiger partial charge in [-0.3, -0.25) is 0 Å². The third-order valence-electron chi connectivity index (χ3n) is 7.30. The molecular weight excluding hydrogens is 551 g/mol. The number of fused-ring (bicyclic) bond motifs is 3. The second-order valence-electron chi connectivity index (χ2n) is 10.0. The molecule has 208 valence electrons. The summed E-state index contributed by atoms with van der Waals surface area (Å²) < 4.78 is 113. The van der Waals surface area contributed by atoms with Crippen molar-refractivity contribution in [3.05, 3.63) is 176 Å². The highest BCUT2D eigenvalue weighted by Crippen LogP contribution is 2.39. The summed E-state index contributed by atoms with van der Waals surface area (Å²) in [4.78, 5) is 0.838. The van der Waals surface area contributed by atoms with Crippen molar-refractivity contribution in [2.45, 2.75) is 0 Å². The fourth-order valence-electron chi connectivity index (χ4n) is 5.11. The quantitative estimate of drug-likeness (QED) is 0.186. The maximum Gasteiger partial charge on any atom is 0.0645 e. The van der Waals surface area contributed by atoms with E-state index >= 15 is 0 Å². The van der Waals surface area contributed by atoms with E-state index in [0.29, 0.717) is 16.7 Å². The van der Waals surface area contributed by atoms with Gasteiger partial charge >= 0.3 is 0 Å². The lowest BCUT2D eigenvalue weighted by Crippen LogP contribution is -2.09. The maximum atomic E-state index is 9.39. The Morgan fingerprint density at radius 2 is 0.795 bits per heavy atom. The number of nitrogens with zero attached hydrogens (tertiary/aromatic N) is 1. The summed E-state index contributed by atoms with van der Waals surface area (Å²) in [6.07, 6.45) is 0. The summed E-state index contributed by atoms with van der Waals surface area (Å²) in [6, 6.07) is 23.2. The normalized spacial score (nSPS) is 15.0. The summed E-state index contributed by atoms with van der Waals surface area (Å²) in [5, 5.41) is 2.01. The van der Waals surface area contributed by atoms with Gasteiger partial charge in [0, 0.05) is 37.2 Å². The topological polar surface area (TPSA) is 3.24 Å². The van der Waals surface area contributed by atoms with E-state index in [4.69, 9.17) is 5.48 Å². The zero-order chi connectivity index (χ0) is 39.7. The molecular formula is C42H29NS. The molecule has 1 nitrogen and oxygen atoms in total. The SMILES string of the molecule is [2H]c1c([2H])c(N(c2c([2H])c([2H])c(-c3ccccc3)c([2H])c2[2H])c2c([2H])c([2H])c(-c3ccc4c(c3)sc3ccccc34)c([2H])c2[2H])c([2H])c([2H])c1-c1ccccc1. The lowest BCUT2D eigenvalue weighted by atomic mass is 10.0. The van der Waals surface area contributed by atoms with Crippen molar-refractivity contribution in [2.24, 2.45) is 0 Å². The Morgan fingerprint density at radius 1 is 0.364 bits per heavy atom. The molecule has 8 rings (SSSR count). The third-order valence-corrected chi connectivity index (χ3v) is 8.43. The van der Waals surface area contributed by atoms with Gasteiger partial charge in [0.15, 0.2) is 0 Å². The van der Waals surface area contributed by atoms with Gasteiger partial charge in [-0.15, -0.1) is 11.3 Å². The van der Waals surface area contributed by atoms with Gasteiger partial charge in [0.1, 0.15) is 0 Å². The van der Waals surface area contributed by atoms with Crippen LogP contribution in [0.3, 0.4) is 0 Å². The van der Waals surface area contributed by atoms with Gasteiger partial charge in [-0.05, 0) is 81.8 Å². The molecule has 0 atom stereocenters. The molecule has 1 aromatic heterocycles. The Balaban J connectivity index is 1.44. The van der Waals surface area contributed by atoms with Gasteiger partial charge in [-0.2, -0.15) is 0 Å². The fraction of sp³-hybridized carbons (Fsp3) is 0. The summed E-state index contributed by atoms with van der Waals surface area (Å²) >= 11 is 1.53. The average molecular weight is 592 g/mol. The van der Waals surface area contributed by atoms with Crippen molar-refractivity contribution in [3.8, 4) is 33.4 Å². The number of rotatable bonds is 6. The second-order valence-corrected chi connectivity index (χ2v) is 11.1. The predicted molar refractivity (Wildman–Crippen MR) is 190 cm³/mol. The minimum Gasteiger partial charge on any atom is -0.311 e. The van der Waals surface area contributed by atoms with E-state index in [0.717, 1.165) is 25.1 Å². The van der Waals surface area contributed by atoms with Crippen LogP contribution in [0.15, 0.2) is 176 Å². The summed E-state index contributed by atoms with van der Waals surface area (Å²) in [7, 11) is 0. The van der Waals surface area contributed by atoms with Crippen molar-refractivity contribution in [1.82, 2.24) is 0 Å². The molecule has 8 aromatic rings. The standard InChI is InChI=1S/C42H29NS/c1-3-9-30(10-4-1)32-15-22-36(23-16-32)43(37-24-17-33(18-25-37)31-11-5-2-6-12-31)38-26-19-34(20-27-38)35-21-28-40-39-13-7-8-14-41(39)44-42(40)29-35/h1-29H/i15D,16D,17D,18D,19D,20D,22D,23D,24D,25D,26D,27D. The van der Waals surface area contributed by atoms with Gasteiger partial charge in [0.25, 0.3) is 0 Å². The van der Waals surface area contributed by atoms with E-state index in [1.807, 2.05) is 30.3 Å². The molecule has 44 heavy (non-hydrogen) atoms. The highest BCUT2D eigenvalue weighted by molar-refractivity contribution is 7.25. The van der Waals surface area contributed by atoms with Crippen LogP contribution in [0.5, 0.6) is 0 Å². The van der Waals surface area contributed by atoms with Crippen LogP contribution in [0, 0.1) is 0 Å². The lowest BCUT2D eigenvalue weighted by Gasteiger charge is -2.26. The molecule has 0 aliphatic heterocycles. The highest BCUT2D eigenvalue weighted by Gasteiger charge is 2.14. The van der Waals surface area contributed by atoms with E-state index in [-0.39, 0.29) is 16.7 Å². The Labute approximate surface area is 278 Å². The molecule has 0 saturated carbocycles. The first kappa shape index (κ1) is 16.4. The van der Waals surface area contributed by atoms with Crippen LogP contribution in [-0.2, 0) is 0 Å². The van der Waals surface area contributed by atoms with Crippen LogP contribution >= 0.6 is 11.3 Å². The predicted octanol–water partition coefficient (Wildman–Crippen LogP) is 12.5. The van der Waals surface area contributed by atoms with E-state index < -0.39 is 89.6 Å². The number of anilines is 3. The Morgan fingerprint density at radius 3 is 1.32 bits per heavy atom.